The first-order chi connectivity index (χ1) is 23.5. The third-order valence-corrected chi connectivity index (χ3v) is 8.51. The smallest absolute Gasteiger partial charge is 0.336 e. The van der Waals surface area contributed by atoms with Crippen molar-refractivity contribution in [1.82, 2.24) is 15.7 Å². The lowest BCUT2D eigenvalue weighted by molar-refractivity contribution is -0.197. The Balaban J connectivity index is 1.10. The van der Waals surface area contributed by atoms with Crippen molar-refractivity contribution in [1.29, 1.82) is 0 Å². The summed E-state index contributed by atoms with van der Waals surface area (Å²) in [5.74, 6) is -3.34. The molecular formula is C34H31N3O11S. The van der Waals surface area contributed by atoms with Crippen molar-refractivity contribution in [2.75, 3.05) is 24.6 Å². The van der Waals surface area contributed by atoms with Gasteiger partial charge in [-0.3, -0.25) is 24.0 Å². The van der Waals surface area contributed by atoms with E-state index in [4.69, 9.17) is 9.25 Å². The van der Waals surface area contributed by atoms with Crippen molar-refractivity contribution in [2.45, 2.75) is 32.1 Å². The fourth-order valence-corrected chi connectivity index (χ4v) is 5.93. The zero-order valence-electron chi connectivity index (χ0n) is 26.0. The van der Waals surface area contributed by atoms with Crippen LogP contribution in [0.3, 0.4) is 0 Å². The highest BCUT2D eigenvalue weighted by atomic mass is 32.2. The Kier molecular flexibility index (Phi) is 10.9. The lowest BCUT2D eigenvalue weighted by Crippen LogP contribution is -2.32. The number of hydrogen-bond donors (Lipinski definition) is 4. The van der Waals surface area contributed by atoms with Gasteiger partial charge in [0.1, 0.15) is 17.1 Å². The minimum Gasteiger partial charge on any atom is -0.508 e. The number of hydrogen-bond acceptors (Lipinski definition) is 11. The molecule has 1 aliphatic carbocycles. The van der Waals surface area contributed by atoms with E-state index in [-0.39, 0.29) is 76.9 Å². The van der Waals surface area contributed by atoms with Crippen molar-refractivity contribution in [3.8, 4) is 28.2 Å². The van der Waals surface area contributed by atoms with Crippen LogP contribution in [0.15, 0.2) is 63.8 Å². The summed E-state index contributed by atoms with van der Waals surface area (Å²) < 4.78 is 5.84. The van der Waals surface area contributed by atoms with Gasteiger partial charge in [0.25, 0.3) is 17.7 Å². The molecule has 254 valence electrons. The van der Waals surface area contributed by atoms with Crippen LogP contribution < -0.4 is 16.1 Å². The molecule has 2 aromatic rings. The SMILES string of the molecule is O=C(CSCCC(=O)ON1C(=O)CCC1=O)NCCCCNC(=O)c1ccc(-c2c3ccc(=O)cc-3oc3cc(O)ccc23)c(C(=O)O)c1. The van der Waals surface area contributed by atoms with E-state index in [1.165, 1.54) is 54.2 Å². The monoisotopic (exact) mass is 689 g/mol. The molecule has 0 saturated carbocycles. The number of nitrogens with one attached hydrogen (secondary N) is 2. The van der Waals surface area contributed by atoms with Crippen LogP contribution in [0, 0.1) is 0 Å². The van der Waals surface area contributed by atoms with E-state index in [2.05, 4.69) is 10.6 Å². The molecule has 0 aromatic heterocycles. The van der Waals surface area contributed by atoms with Gasteiger partial charge in [0.05, 0.1) is 17.7 Å². The van der Waals surface area contributed by atoms with Gasteiger partial charge in [-0.05, 0) is 54.8 Å². The van der Waals surface area contributed by atoms with Crippen LogP contribution in [0.2, 0.25) is 0 Å². The van der Waals surface area contributed by atoms with Gasteiger partial charge in [0, 0.05) is 65.9 Å². The second-order valence-electron chi connectivity index (χ2n) is 11.0. The fourth-order valence-electron chi connectivity index (χ4n) is 5.19. The molecule has 1 fully saturated rings. The Morgan fingerprint density at radius 2 is 1.59 bits per heavy atom. The standard InChI is InChI=1S/C34H31N3O11S/c38-20-4-7-23-26(16-20)47-27-17-21(39)5-8-24(27)32(23)22-6-3-19(15-25(22)34(45)46)33(44)36-13-2-1-12-35-28(40)18-49-14-11-31(43)48-37-29(41)9-10-30(37)42/h3-8,15-17,38H,1-2,9-14,18H2,(H,35,40)(H,36,44)(H,45,46). The van der Waals surface area contributed by atoms with Crippen LogP contribution in [0.5, 0.6) is 5.75 Å². The number of carbonyl (C=O) groups excluding carboxylic acids is 5. The van der Waals surface area contributed by atoms with Gasteiger partial charge < -0.3 is 30.1 Å². The predicted octanol–water partition coefficient (Wildman–Crippen LogP) is 3.33. The summed E-state index contributed by atoms with van der Waals surface area (Å²) in [6, 6.07) is 12.9. The molecule has 5 rings (SSSR count). The second-order valence-corrected chi connectivity index (χ2v) is 12.1. The van der Waals surface area contributed by atoms with Gasteiger partial charge in [0.15, 0.2) is 5.43 Å². The quantitative estimate of drug-likeness (QED) is 0.0854. The predicted molar refractivity (Wildman–Crippen MR) is 177 cm³/mol. The average Bonchev–Trinajstić information content (AvgIpc) is 3.38. The van der Waals surface area contributed by atoms with Crippen LogP contribution in [-0.4, -0.2) is 75.4 Å². The van der Waals surface area contributed by atoms with Crippen molar-refractivity contribution in [3.63, 3.8) is 0 Å². The molecule has 14 nitrogen and oxygen atoms in total. The van der Waals surface area contributed by atoms with Gasteiger partial charge in [-0.25, -0.2) is 9.59 Å². The van der Waals surface area contributed by atoms with Crippen molar-refractivity contribution < 1.29 is 48.2 Å². The molecule has 1 saturated heterocycles. The van der Waals surface area contributed by atoms with Gasteiger partial charge in [0.2, 0.25) is 5.91 Å². The number of phenols is 1. The molecule has 4 N–H and O–H groups in total. The number of rotatable bonds is 14. The van der Waals surface area contributed by atoms with E-state index >= 15 is 0 Å². The van der Waals surface area contributed by atoms with Gasteiger partial charge in [-0.1, -0.05) is 6.07 Å². The maximum absolute atomic E-state index is 12.9. The van der Waals surface area contributed by atoms with E-state index in [1.807, 2.05) is 0 Å². The second kappa shape index (κ2) is 15.5. The summed E-state index contributed by atoms with van der Waals surface area (Å²) in [5, 5.41) is 26.6. The number of nitrogens with zero attached hydrogens (tertiary/aromatic N) is 1. The van der Waals surface area contributed by atoms with Gasteiger partial charge in [-0.2, -0.15) is 11.8 Å². The van der Waals surface area contributed by atoms with E-state index in [9.17, 15) is 43.8 Å². The van der Waals surface area contributed by atoms with Crippen molar-refractivity contribution in [2.24, 2.45) is 0 Å². The Labute approximate surface area is 282 Å². The minimum atomic E-state index is -1.27. The Hall–Kier alpha value is -5.70. The number of fused-ring (bicyclic) bond motifs is 2. The molecule has 0 unspecified atom stereocenters. The van der Waals surface area contributed by atoms with Crippen molar-refractivity contribution in [3.05, 3.63) is 75.9 Å². The summed E-state index contributed by atoms with van der Waals surface area (Å²) >= 11 is 1.20. The lowest BCUT2D eigenvalue weighted by Gasteiger charge is -2.17. The molecule has 15 heteroatoms. The van der Waals surface area contributed by atoms with Crippen LogP contribution in [0.1, 0.15) is 52.8 Å². The molecular weight excluding hydrogens is 658 g/mol. The Morgan fingerprint density at radius 1 is 0.878 bits per heavy atom. The van der Waals surface area contributed by atoms with Crippen LogP contribution in [-0.2, 0) is 24.0 Å². The fraction of sp³-hybridized carbons (Fsp3) is 0.265. The molecule has 0 bridgehead atoms. The molecule has 4 amide bonds. The number of aromatic carboxylic acids is 1. The van der Waals surface area contributed by atoms with Gasteiger partial charge in [-0.15, -0.1) is 5.06 Å². The topological polar surface area (TPSA) is 210 Å². The molecule has 0 radical (unpaired) electrons. The van der Waals surface area contributed by atoms with E-state index in [1.54, 1.807) is 12.1 Å². The third-order valence-electron chi connectivity index (χ3n) is 7.55. The first kappa shape index (κ1) is 34.6. The summed E-state index contributed by atoms with van der Waals surface area (Å²) in [4.78, 5) is 89.0. The molecule has 3 aliphatic rings. The number of benzene rings is 3. The molecule has 2 aliphatic heterocycles. The summed E-state index contributed by atoms with van der Waals surface area (Å²) in [6.07, 6.45) is 1.04. The molecule has 49 heavy (non-hydrogen) atoms. The number of carboxylic acids is 1. The summed E-state index contributed by atoms with van der Waals surface area (Å²) in [7, 11) is 0. The maximum Gasteiger partial charge on any atom is 0.336 e. The maximum atomic E-state index is 12.9. The zero-order valence-corrected chi connectivity index (χ0v) is 26.8. The van der Waals surface area contributed by atoms with Crippen LogP contribution in [0.4, 0.5) is 0 Å². The Bertz CT molecular complexity index is 1970. The number of hydroxylamine groups is 2. The number of thioether (sulfide) groups is 1. The number of aromatic hydroxyl groups is 1. The Morgan fingerprint density at radius 3 is 2.33 bits per heavy atom. The molecule has 2 heterocycles. The molecule has 2 aromatic carbocycles. The van der Waals surface area contributed by atoms with Gasteiger partial charge >= 0.3 is 11.9 Å². The largest absolute Gasteiger partial charge is 0.508 e. The average molecular weight is 690 g/mol. The molecule has 0 spiro atoms. The normalized spacial score (nSPS) is 12.8. The highest BCUT2D eigenvalue weighted by molar-refractivity contribution is 7.99. The molecule has 0 atom stereocenters. The minimum absolute atomic E-state index is 0.0126. The number of carboxylic acid groups (broad SMARTS) is 1. The first-order valence-electron chi connectivity index (χ1n) is 15.3. The summed E-state index contributed by atoms with van der Waals surface area (Å²) in [5.41, 5.74) is 1.17. The number of carbonyl (C=O) groups is 6. The zero-order chi connectivity index (χ0) is 35.1. The third kappa shape index (κ3) is 8.43. The highest BCUT2D eigenvalue weighted by Gasteiger charge is 2.32. The van der Waals surface area contributed by atoms with E-state index < -0.39 is 29.7 Å². The summed E-state index contributed by atoms with van der Waals surface area (Å²) in [6.45, 7) is 0.624. The number of imide groups is 1. The highest BCUT2D eigenvalue weighted by Crippen LogP contribution is 2.42. The van der Waals surface area contributed by atoms with E-state index in [0.29, 0.717) is 46.5 Å². The lowest BCUT2D eigenvalue weighted by atomic mass is 9.90. The van der Waals surface area contributed by atoms with Crippen molar-refractivity contribution >= 4 is 58.3 Å². The van der Waals surface area contributed by atoms with E-state index in [0.717, 1.165) is 0 Å². The van der Waals surface area contributed by atoms with Crippen LogP contribution >= 0.6 is 11.8 Å². The number of amides is 4. The van der Waals surface area contributed by atoms with Crippen LogP contribution in [0.25, 0.3) is 33.4 Å². The number of unbranched alkanes of at least 4 members (excludes halogenated alkanes) is 1. The first-order valence-corrected chi connectivity index (χ1v) is 16.4. The number of phenolic OH excluding ortho intramolecular Hbond substituents is 1.